The van der Waals surface area contributed by atoms with Crippen molar-refractivity contribution in [2.75, 3.05) is 19.1 Å². The first-order valence-corrected chi connectivity index (χ1v) is 6.38. The summed E-state index contributed by atoms with van der Waals surface area (Å²) >= 11 is 0. The van der Waals surface area contributed by atoms with Crippen molar-refractivity contribution in [1.29, 1.82) is 0 Å². The summed E-state index contributed by atoms with van der Waals surface area (Å²) in [7, 11) is 3.53. The maximum Gasteiger partial charge on any atom is 0.232 e. The van der Waals surface area contributed by atoms with Gasteiger partial charge in [-0.25, -0.2) is 4.98 Å². The van der Waals surface area contributed by atoms with Crippen molar-refractivity contribution in [3.8, 4) is 5.88 Å². The van der Waals surface area contributed by atoms with Gasteiger partial charge >= 0.3 is 0 Å². The molecule has 2 rings (SSSR count). The minimum absolute atomic E-state index is 0.564. The fourth-order valence-electron chi connectivity index (χ4n) is 1.49. The van der Waals surface area contributed by atoms with Crippen LogP contribution in [-0.4, -0.2) is 24.1 Å². The van der Waals surface area contributed by atoms with Crippen LogP contribution in [0.1, 0.15) is 19.4 Å². The second kappa shape index (κ2) is 7.36. The molecule has 0 aliphatic heterocycles. The van der Waals surface area contributed by atoms with Gasteiger partial charge < -0.3 is 9.64 Å². The predicted octanol–water partition coefficient (Wildman–Crippen LogP) is 3.59. The zero-order valence-electron chi connectivity index (χ0n) is 12.2. The Hall–Kier alpha value is -2.10. The van der Waals surface area contributed by atoms with Gasteiger partial charge in [-0.1, -0.05) is 31.5 Å². The van der Waals surface area contributed by atoms with Gasteiger partial charge in [0.2, 0.25) is 11.8 Å². The lowest BCUT2D eigenvalue weighted by atomic mass is 10.2. The third-order valence-electron chi connectivity index (χ3n) is 2.55. The number of aryl methyl sites for hydroxylation is 1. The van der Waals surface area contributed by atoms with Crippen molar-refractivity contribution in [3.63, 3.8) is 0 Å². The number of aromatic nitrogens is 2. The van der Waals surface area contributed by atoms with Gasteiger partial charge in [-0.15, -0.1) is 0 Å². The highest BCUT2D eigenvalue weighted by Crippen LogP contribution is 2.21. The number of methoxy groups -OCH3 is 1. The Bertz CT molecular complexity index is 497. The third kappa shape index (κ3) is 3.95. The van der Waals surface area contributed by atoms with Crippen molar-refractivity contribution in [2.24, 2.45) is 0 Å². The molecule has 0 amide bonds. The summed E-state index contributed by atoms with van der Waals surface area (Å²) in [6.07, 6.45) is 1.69. The summed E-state index contributed by atoms with van der Waals surface area (Å²) in [5.41, 5.74) is 2.28. The molecule has 1 aromatic carbocycles. The van der Waals surface area contributed by atoms with Gasteiger partial charge in [0.05, 0.1) is 7.11 Å². The van der Waals surface area contributed by atoms with E-state index in [2.05, 4.69) is 29.0 Å². The van der Waals surface area contributed by atoms with Crippen molar-refractivity contribution in [2.45, 2.75) is 20.8 Å². The number of rotatable bonds is 3. The van der Waals surface area contributed by atoms with E-state index in [-0.39, 0.29) is 0 Å². The second-order valence-corrected chi connectivity index (χ2v) is 3.79. The van der Waals surface area contributed by atoms with Crippen molar-refractivity contribution in [3.05, 3.63) is 42.1 Å². The highest BCUT2D eigenvalue weighted by Gasteiger charge is 2.07. The quantitative estimate of drug-likeness (QED) is 0.844. The number of ether oxygens (including phenoxy) is 1. The molecule has 0 radical (unpaired) electrons. The van der Waals surface area contributed by atoms with E-state index in [1.807, 2.05) is 37.9 Å². The van der Waals surface area contributed by atoms with Crippen LogP contribution in [0.4, 0.5) is 11.6 Å². The van der Waals surface area contributed by atoms with E-state index in [1.54, 1.807) is 19.4 Å². The molecule has 2 aromatic rings. The smallest absolute Gasteiger partial charge is 0.232 e. The van der Waals surface area contributed by atoms with Crippen molar-refractivity contribution >= 4 is 11.6 Å². The molecule has 0 aliphatic rings. The van der Waals surface area contributed by atoms with Crippen LogP contribution in [-0.2, 0) is 0 Å². The van der Waals surface area contributed by atoms with Gasteiger partial charge in [0.15, 0.2) is 0 Å². The first kappa shape index (κ1) is 15.0. The van der Waals surface area contributed by atoms with Gasteiger partial charge in [0.1, 0.15) is 0 Å². The molecule has 19 heavy (non-hydrogen) atoms. The van der Waals surface area contributed by atoms with Crippen LogP contribution in [0.2, 0.25) is 0 Å². The molecule has 1 aromatic heterocycles. The molecule has 102 valence electrons. The zero-order chi connectivity index (χ0) is 14.3. The summed E-state index contributed by atoms with van der Waals surface area (Å²) < 4.78 is 5.08. The molecule has 0 saturated heterocycles. The molecule has 0 saturated carbocycles. The molecule has 1 heterocycles. The SMILES string of the molecule is CC.COc1ccnc(N(C)c2ccc(C)cc2)n1. The molecule has 0 spiro atoms. The Balaban J connectivity index is 0.000000861. The maximum absolute atomic E-state index is 5.08. The van der Waals surface area contributed by atoms with Gasteiger partial charge in [0.25, 0.3) is 0 Å². The second-order valence-electron chi connectivity index (χ2n) is 3.79. The van der Waals surface area contributed by atoms with Crippen LogP contribution < -0.4 is 9.64 Å². The summed E-state index contributed by atoms with van der Waals surface area (Å²) in [6.45, 7) is 6.06. The minimum Gasteiger partial charge on any atom is -0.481 e. The monoisotopic (exact) mass is 259 g/mol. The Morgan fingerprint density at radius 3 is 2.26 bits per heavy atom. The first-order valence-electron chi connectivity index (χ1n) is 6.38. The molecule has 0 atom stereocenters. The zero-order valence-corrected chi connectivity index (χ0v) is 12.2. The lowest BCUT2D eigenvalue weighted by Gasteiger charge is -2.17. The lowest BCUT2D eigenvalue weighted by molar-refractivity contribution is 0.397. The van der Waals surface area contributed by atoms with E-state index in [1.165, 1.54) is 5.56 Å². The summed E-state index contributed by atoms with van der Waals surface area (Å²) in [6, 6.07) is 9.93. The molecule has 0 unspecified atom stereocenters. The summed E-state index contributed by atoms with van der Waals surface area (Å²) in [5, 5.41) is 0. The van der Waals surface area contributed by atoms with Crippen molar-refractivity contribution in [1.82, 2.24) is 9.97 Å². The molecule has 4 heteroatoms. The van der Waals surface area contributed by atoms with Gasteiger partial charge in [-0.05, 0) is 19.1 Å². The average Bonchev–Trinajstić information content (AvgIpc) is 2.49. The van der Waals surface area contributed by atoms with Gasteiger partial charge in [0, 0.05) is 25.0 Å². The topological polar surface area (TPSA) is 38.2 Å². The van der Waals surface area contributed by atoms with Crippen molar-refractivity contribution < 1.29 is 4.74 Å². The van der Waals surface area contributed by atoms with Crippen LogP contribution in [0, 0.1) is 6.92 Å². The summed E-state index contributed by atoms with van der Waals surface area (Å²) in [4.78, 5) is 10.4. The first-order chi connectivity index (χ1) is 9.20. The van der Waals surface area contributed by atoms with E-state index in [4.69, 9.17) is 4.74 Å². The van der Waals surface area contributed by atoms with Crippen LogP contribution in [0.3, 0.4) is 0 Å². The maximum atomic E-state index is 5.08. The van der Waals surface area contributed by atoms with E-state index >= 15 is 0 Å². The Morgan fingerprint density at radius 1 is 1.05 bits per heavy atom. The molecule has 0 N–H and O–H groups in total. The fraction of sp³-hybridized carbons (Fsp3) is 0.333. The number of hydrogen-bond acceptors (Lipinski definition) is 4. The van der Waals surface area contributed by atoms with E-state index in [9.17, 15) is 0 Å². The van der Waals surface area contributed by atoms with Gasteiger partial charge in [-0.2, -0.15) is 4.98 Å². The normalized spacial score (nSPS) is 9.32. The highest BCUT2D eigenvalue weighted by molar-refractivity contribution is 5.56. The predicted molar refractivity (Wildman–Crippen MR) is 79.2 cm³/mol. The third-order valence-corrected chi connectivity index (χ3v) is 2.55. The molecular weight excluding hydrogens is 238 g/mol. The molecule has 0 aliphatic carbocycles. The van der Waals surface area contributed by atoms with E-state index in [0.717, 1.165) is 5.69 Å². The summed E-state index contributed by atoms with van der Waals surface area (Å²) in [5.74, 6) is 1.18. The lowest BCUT2D eigenvalue weighted by Crippen LogP contribution is -2.13. The number of nitrogens with zero attached hydrogens (tertiary/aromatic N) is 3. The van der Waals surface area contributed by atoms with Crippen LogP contribution in [0.25, 0.3) is 0 Å². The number of hydrogen-bond donors (Lipinski definition) is 0. The number of benzene rings is 1. The van der Waals surface area contributed by atoms with Crippen LogP contribution in [0.5, 0.6) is 5.88 Å². The molecule has 0 bridgehead atoms. The average molecular weight is 259 g/mol. The standard InChI is InChI=1S/C13H15N3O.C2H6/c1-10-4-6-11(7-5-10)16(2)13-14-9-8-12(15-13)17-3;1-2/h4-9H,1-3H3;1-2H3. The molecule has 0 fully saturated rings. The Morgan fingerprint density at radius 2 is 1.68 bits per heavy atom. The Labute approximate surface area is 115 Å². The van der Waals surface area contributed by atoms with Crippen LogP contribution >= 0.6 is 0 Å². The van der Waals surface area contributed by atoms with E-state index < -0.39 is 0 Å². The fourth-order valence-corrected chi connectivity index (χ4v) is 1.49. The minimum atomic E-state index is 0.564. The molecule has 4 nitrogen and oxygen atoms in total. The Kier molecular flexibility index (Phi) is 5.79. The van der Waals surface area contributed by atoms with Crippen LogP contribution in [0.15, 0.2) is 36.5 Å². The molecular formula is C15H21N3O. The highest BCUT2D eigenvalue weighted by atomic mass is 16.5. The van der Waals surface area contributed by atoms with Gasteiger partial charge in [-0.3, -0.25) is 0 Å². The number of anilines is 2. The van der Waals surface area contributed by atoms with E-state index in [0.29, 0.717) is 11.8 Å². The largest absolute Gasteiger partial charge is 0.481 e.